The summed E-state index contributed by atoms with van der Waals surface area (Å²) in [6.07, 6.45) is 3.08. The summed E-state index contributed by atoms with van der Waals surface area (Å²) in [4.78, 5) is 15.8. The van der Waals surface area contributed by atoms with Crippen LogP contribution in [0.25, 0.3) is 27.5 Å². The number of rotatable bonds is 9. The number of aromatic nitrogens is 4. The summed E-state index contributed by atoms with van der Waals surface area (Å²) >= 11 is 5.94. The average Bonchev–Trinajstić information content (AvgIpc) is 3.70. The van der Waals surface area contributed by atoms with E-state index in [4.69, 9.17) is 22.1 Å². The van der Waals surface area contributed by atoms with Crippen molar-refractivity contribution in [3.8, 4) is 0 Å². The van der Waals surface area contributed by atoms with Gasteiger partial charge in [0.05, 0.1) is 17.6 Å². The summed E-state index contributed by atoms with van der Waals surface area (Å²) in [5.74, 6) is 0.584. The Bertz CT molecular complexity index is 1680. The van der Waals surface area contributed by atoms with Gasteiger partial charge in [-0.3, -0.25) is 18.7 Å². The van der Waals surface area contributed by atoms with Crippen LogP contribution in [0.5, 0.6) is 0 Å². The molecule has 5 aromatic rings. The Morgan fingerprint density at radius 1 is 1.06 bits per heavy atom. The first-order valence-corrected chi connectivity index (χ1v) is 12.9. The van der Waals surface area contributed by atoms with Crippen LogP contribution in [-0.4, -0.2) is 43.4 Å². The fraction of sp³-hybridized carbons (Fsp3) is 0.321. The lowest BCUT2D eigenvalue weighted by atomic mass is 10.1. The largest absolute Gasteiger partial charge is 0.385 e. The van der Waals surface area contributed by atoms with E-state index in [1.54, 1.807) is 11.7 Å². The number of methoxy groups -OCH3 is 1. The van der Waals surface area contributed by atoms with Gasteiger partial charge in [-0.2, -0.15) is 0 Å². The average molecular weight is 500 g/mol. The van der Waals surface area contributed by atoms with Gasteiger partial charge in [-0.05, 0) is 66.0 Å². The van der Waals surface area contributed by atoms with Gasteiger partial charge < -0.3 is 4.74 Å². The molecule has 184 valence electrons. The number of hydrogen-bond donors (Lipinski definition) is 0. The van der Waals surface area contributed by atoms with Gasteiger partial charge in [0.25, 0.3) is 5.56 Å². The van der Waals surface area contributed by atoms with Crippen LogP contribution in [0, 0.1) is 4.77 Å². The highest BCUT2D eigenvalue weighted by atomic mass is 32.1. The fourth-order valence-electron chi connectivity index (χ4n) is 5.01. The smallest absolute Gasteiger partial charge is 0.262 e. The van der Waals surface area contributed by atoms with Crippen molar-refractivity contribution in [1.29, 1.82) is 0 Å². The molecule has 0 atom stereocenters. The normalized spacial score (nSPS) is 13.9. The molecule has 0 amide bonds. The van der Waals surface area contributed by atoms with Crippen LogP contribution in [0.3, 0.4) is 0 Å². The predicted molar refractivity (Wildman–Crippen MR) is 145 cm³/mol. The van der Waals surface area contributed by atoms with Crippen LogP contribution in [0.2, 0.25) is 0 Å². The maximum atomic E-state index is 13.4. The molecule has 7 nitrogen and oxygen atoms in total. The third kappa shape index (κ3) is 4.25. The van der Waals surface area contributed by atoms with E-state index >= 15 is 0 Å². The highest BCUT2D eigenvalue weighted by Crippen LogP contribution is 2.29. The van der Waals surface area contributed by atoms with Gasteiger partial charge in [-0.1, -0.05) is 48.5 Å². The van der Waals surface area contributed by atoms with Crippen LogP contribution in [0.1, 0.15) is 24.8 Å². The molecular formula is C28H29N5O2S. The lowest BCUT2D eigenvalue weighted by Gasteiger charge is -2.22. The molecule has 0 aliphatic heterocycles. The first kappa shape index (κ1) is 23.1. The number of fused-ring (bicyclic) bond motifs is 4. The zero-order valence-electron chi connectivity index (χ0n) is 20.3. The van der Waals surface area contributed by atoms with Crippen molar-refractivity contribution >= 4 is 39.7 Å². The van der Waals surface area contributed by atoms with E-state index in [1.165, 1.54) is 29.2 Å². The topological polar surface area (TPSA) is 56.7 Å². The van der Waals surface area contributed by atoms with Crippen molar-refractivity contribution in [3.05, 3.63) is 87.4 Å². The van der Waals surface area contributed by atoms with Crippen LogP contribution in [-0.2, 0) is 24.5 Å². The van der Waals surface area contributed by atoms with E-state index in [0.717, 1.165) is 18.5 Å². The van der Waals surface area contributed by atoms with Crippen molar-refractivity contribution in [3.63, 3.8) is 0 Å². The van der Waals surface area contributed by atoms with E-state index in [2.05, 4.69) is 47.4 Å². The Labute approximate surface area is 214 Å². The molecule has 8 heteroatoms. The molecule has 0 radical (unpaired) electrons. The summed E-state index contributed by atoms with van der Waals surface area (Å²) in [7, 11) is 1.67. The lowest BCUT2D eigenvalue weighted by molar-refractivity contribution is 0.186. The predicted octanol–water partition coefficient (Wildman–Crippen LogP) is 4.99. The van der Waals surface area contributed by atoms with Crippen molar-refractivity contribution in [2.75, 3.05) is 13.7 Å². The molecule has 1 aliphatic carbocycles. The number of nitrogens with zero attached hydrogens (tertiary/aromatic N) is 5. The summed E-state index contributed by atoms with van der Waals surface area (Å²) in [6.45, 7) is 2.51. The quantitative estimate of drug-likeness (QED) is 0.211. The van der Waals surface area contributed by atoms with Gasteiger partial charge in [-0.25, -0.2) is 4.68 Å². The molecule has 0 unspecified atom stereocenters. The number of aryl methyl sites for hydroxylation is 1. The minimum Gasteiger partial charge on any atom is -0.385 e. The minimum absolute atomic E-state index is 0.0448. The molecule has 1 fully saturated rings. The summed E-state index contributed by atoms with van der Waals surface area (Å²) < 4.78 is 11.4. The minimum atomic E-state index is -0.0448. The molecule has 2 aromatic heterocycles. The molecule has 0 saturated heterocycles. The van der Waals surface area contributed by atoms with Gasteiger partial charge in [0.1, 0.15) is 0 Å². The SMILES string of the molecule is COCCCn1c(=O)c2ccccc2n2c(=S)n(CN(Cc3ccc4ccccc4c3)C3CC3)nc12. The first-order valence-electron chi connectivity index (χ1n) is 12.5. The van der Waals surface area contributed by atoms with Crippen LogP contribution in [0.15, 0.2) is 71.5 Å². The number of benzene rings is 3. The molecule has 1 saturated carbocycles. The summed E-state index contributed by atoms with van der Waals surface area (Å²) in [5, 5.41) is 8.05. The second-order valence-corrected chi connectivity index (χ2v) is 9.90. The van der Waals surface area contributed by atoms with Crippen molar-refractivity contribution in [2.24, 2.45) is 0 Å². The second-order valence-electron chi connectivity index (χ2n) is 9.54. The Hall–Kier alpha value is -3.33. The molecule has 3 aromatic carbocycles. The van der Waals surface area contributed by atoms with Crippen molar-refractivity contribution < 1.29 is 4.74 Å². The second kappa shape index (κ2) is 9.61. The van der Waals surface area contributed by atoms with Crippen LogP contribution < -0.4 is 5.56 Å². The maximum Gasteiger partial charge on any atom is 0.262 e. The van der Waals surface area contributed by atoms with Crippen LogP contribution in [0.4, 0.5) is 0 Å². The zero-order chi connectivity index (χ0) is 24.6. The summed E-state index contributed by atoms with van der Waals surface area (Å²) in [5.41, 5.74) is 2.03. The van der Waals surface area contributed by atoms with Gasteiger partial charge in [0, 0.05) is 32.8 Å². The molecule has 0 bridgehead atoms. The lowest BCUT2D eigenvalue weighted by Crippen LogP contribution is -2.29. The number of para-hydroxylation sites is 1. The molecule has 6 rings (SSSR count). The first-order chi connectivity index (χ1) is 17.6. The molecule has 36 heavy (non-hydrogen) atoms. The molecular weight excluding hydrogens is 470 g/mol. The maximum absolute atomic E-state index is 13.4. The Morgan fingerprint density at radius 2 is 1.83 bits per heavy atom. The van der Waals surface area contributed by atoms with E-state index in [0.29, 0.717) is 41.8 Å². The fourth-order valence-corrected chi connectivity index (χ4v) is 5.28. The Kier molecular flexibility index (Phi) is 6.17. The van der Waals surface area contributed by atoms with Crippen molar-refractivity contribution in [1.82, 2.24) is 23.6 Å². The molecule has 0 spiro atoms. The number of hydrogen-bond acceptors (Lipinski definition) is 5. The van der Waals surface area contributed by atoms with Gasteiger partial charge in [0.15, 0.2) is 0 Å². The third-order valence-electron chi connectivity index (χ3n) is 6.99. The van der Waals surface area contributed by atoms with Gasteiger partial charge >= 0.3 is 0 Å². The molecule has 2 heterocycles. The van der Waals surface area contributed by atoms with Gasteiger partial charge in [-0.15, -0.1) is 5.10 Å². The van der Waals surface area contributed by atoms with E-state index in [9.17, 15) is 4.79 Å². The monoisotopic (exact) mass is 499 g/mol. The Morgan fingerprint density at radius 3 is 2.64 bits per heavy atom. The standard InChI is InChI=1S/C28H29N5O2S/c1-35-16-6-15-31-26(34)24-9-4-5-10-25(24)33-27(31)29-32(28(33)36)19-30(23-13-14-23)18-20-11-12-21-7-2-3-8-22(21)17-20/h2-5,7-12,17,23H,6,13-16,18-19H2,1H3. The van der Waals surface area contributed by atoms with E-state index < -0.39 is 0 Å². The Balaban J connectivity index is 1.40. The number of ether oxygens (including phenoxy) is 1. The molecule has 1 aliphatic rings. The zero-order valence-corrected chi connectivity index (χ0v) is 21.2. The van der Waals surface area contributed by atoms with E-state index in [1.807, 2.05) is 33.3 Å². The van der Waals surface area contributed by atoms with E-state index in [-0.39, 0.29) is 5.56 Å². The van der Waals surface area contributed by atoms with Gasteiger partial charge in [0.2, 0.25) is 10.5 Å². The molecule has 0 N–H and O–H groups in total. The summed E-state index contributed by atoms with van der Waals surface area (Å²) in [6, 6.07) is 23.3. The van der Waals surface area contributed by atoms with Crippen molar-refractivity contribution in [2.45, 2.75) is 45.1 Å². The van der Waals surface area contributed by atoms with Crippen LogP contribution >= 0.6 is 12.2 Å². The highest BCUT2D eigenvalue weighted by Gasteiger charge is 2.30. The third-order valence-corrected chi connectivity index (χ3v) is 7.39. The highest BCUT2D eigenvalue weighted by molar-refractivity contribution is 7.71.